The molecule has 0 radical (unpaired) electrons. The molecule has 1 heterocycles. The van der Waals surface area contributed by atoms with E-state index in [0.717, 1.165) is 17.7 Å². The molecule has 5 nitrogen and oxygen atoms in total. The number of halogens is 3. The molecule has 2 aromatic carbocycles. The van der Waals surface area contributed by atoms with Gasteiger partial charge in [0.25, 0.3) is 0 Å². The Labute approximate surface area is 146 Å². The number of oxazole rings is 1. The summed E-state index contributed by atoms with van der Waals surface area (Å²) in [6, 6.07) is 11.6. The Kier molecular flexibility index (Phi) is 4.92. The van der Waals surface area contributed by atoms with Gasteiger partial charge in [0, 0.05) is 5.56 Å². The van der Waals surface area contributed by atoms with E-state index in [1.165, 1.54) is 18.5 Å². The molecule has 1 aromatic heterocycles. The van der Waals surface area contributed by atoms with Gasteiger partial charge in [-0.2, -0.15) is 0 Å². The highest BCUT2D eigenvalue weighted by atomic mass is 19.4. The van der Waals surface area contributed by atoms with Gasteiger partial charge < -0.3 is 13.9 Å². The predicted octanol–water partition coefficient (Wildman–Crippen LogP) is 4.60. The molecule has 26 heavy (non-hydrogen) atoms. The van der Waals surface area contributed by atoms with Crippen LogP contribution in [0.5, 0.6) is 5.75 Å². The van der Waals surface area contributed by atoms with E-state index in [0.29, 0.717) is 16.9 Å². The lowest BCUT2D eigenvalue weighted by atomic mass is 10.1. The molecule has 3 aromatic rings. The van der Waals surface area contributed by atoms with Crippen LogP contribution in [0.2, 0.25) is 0 Å². The van der Waals surface area contributed by atoms with Crippen molar-refractivity contribution in [2.24, 2.45) is 0 Å². The van der Waals surface area contributed by atoms with Crippen LogP contribution in [0.15, 0.2) is 65.5 Å². The molecule has 0 atom stereocenters. The van der Waals surface area contributed by atoms with Crippen molar-refractivity contribution in [2.75, 3.05) is 0 Å². The number of nitrogens with zero attached hydrogens (tertiary/aromatic N) is 1. The van der Waals surface area contributed by atoms with Crippen molar-refractivity contribution < 1.29 is 31.9 Å². The van der Waals surface area contributed by atoms with Gasteiger partial charge in [0.2, 0.25) is 0 Å². The second kappa shape index (κ2) is 7.30. The highest BCUT2D eigenvalue weighted by Crippen LogP contribution is 2.23. The first-order chi connectivity index (χ1) is 12.4. The maximum absolute atomic E-state index is 12.1. The molecular formula is C18H12F3NO4. The zero-order chi connectivity index (χ0) is 18.6. The summed E-state index contributed by atoms with van der Waals surface area (Å²) in [6.07, 6.45) is -1.88. The van der Waals surface area contributed by atoms with Crippen molar-refractivity contribution in [3.8, 4) is 17.1 Å². The minimum atomic E-state index is -4.74. The largest absolute Gasteiger partial charge is 0.573 e. The number of hydrogen-bond donors (Lipinski definition) is 0. The summed E-state index contributed by atoms with van der Waals surface area (Å²) >= 11 is 0. The first-order valence-corrected chi connectivity index (χ1v) is 7.41. The third-order valence-electron chi connectivity index (χ3n) is 3.36. The van der Waals surface area contributed by atoms with Crippen LogP contribution < -0.4 is 4.74 Å². The maximum atomic E-state index is 12.1. The summed E-state index contributed by atoms with van der Waals surface area (Å²) < 4.78 is 50.4. The van der Waals surface area contributed by atoms with E-state index in [1.807, 2.05) is 0 Å². The molecular weight excluding hydrogens is 351 g/mol. The smallest absolute Gasteiger partial charge is 0.457 e. The van der Waals surface area contributed by atoms with E-state index in [-0.39, 0.29) is 12.4 Å². The zero-order valence-corrected chi connectivity index (χ0v) is 13.2. The number of benzene rings is 2. The topological polar surface area (TPSA) is 61.6 Å². The van der Waals surface area contributed by atoms with Gasteiger partial charge in [-0.25, -0.2) is 9.78 Å². The van der Waals surface area contributed by atoms with Gasteiger partial charge in [-0.05, 0) is 29.8 Å². The Morgan fingerprint density at radius 2 is 1.73 bits per heavy atom. The molecule has 3 rings (SSSR count). The third-order valence-corrected chi connectivity index (χ3v) is 3.36. The molecule has 0 saturated heterocycles. The minimum Gasteiger partial charge on any atom is -0.457 e. The molecule has 0 bridgehead atoms. The fourth-order valence-corrected chi connectivity index (χ4v) is 2.15. The quantitative estimate of drug-likeness (QED) is 0.620. The van der Waals surface area contributed by atoms with Gasteiger partial charge in [0.1, 0.15) is 12.4 Å². The number of esters is 1. The monoisotopic (exact) mass is 363 g/mol. The van der Waals surface area contributed by atoms with Crippen LogP contribution in [0, 0.1) is 0 Å². The molecule has 0 aliphatic rings. The van der Waals surface area contributed by atoms with Crippen LogP contribution in [-0.2, 0) is 11.3 Å². The van der Waals surface area contributed by atoms with Crippen molar-refractivity contribution in [3.05, 3.63) is 72.2 Å². The lowest BCUT2D eigenvalue weighted by Gasteiger charge is -2.09. The van der Waals surface area contributed by atoms with E-state index < -0.39 is 12.3 Å². The van der Waals surface area contributed by atoms with Gasteiger partial charge in [-0.3, -0.25) is 0 Å². The zero-order valence-electron chi connectivity index (χ0n) is 13.2. The van der Waals surface area contributed by atoms with E-state index in [4.69, 9.17) is 9.15 Å². The molecule has 0 amide bonds. The number of hydrogen-bond acceptors (Lipinski definition) is 5. The molecule has 0 fully saturated rings. The van der Waals surface area contributed by atoms with Crippen molar-refractivity contribution in [2.45, 2.75) is 13.0 Å². The van der Waals surface area contributed by atoms with Crippen molar-refractivity contribution in [3.63, 3.8) is 0 Å². The van der Waals surface area contributed by atoms with E-state index in [9.17, 15) is 18.0 Å². The lowest BCUT2D eigenvalue weighted by Crippen LogP contribution is -2.17. The Morgan fingerprint density at radius 1 is 1.04 bits per heavy atom. The summed E-state index contributed by atoms with van der Waals surface area (Å²) in [5.41, 5.74) is 1.63. The van der Waals surface area contributed by atoms with Crippen molar-refractivity contribution in [1.82, 2.24) is 4.98 Å². The number of rotatable bonds is 5. The van der Waals surface area contributed by atoms with Gasteiger partial charge in [0.05, 0.1) is 11.8 Å². The average Bonchev–Trinajstić information content (AvgIpc) is 3.14. The van der Waals surface area contributed by atoms with Crippen molar-refractivity contribution >= 4 is 5.97 Å². The molecule has 8 heteroatoms. The SMILES string of the molecule is O=C(OCc1ccc(OC(F)(F)F)cc1)c1ccc(-c2cnco2)cc1. The average molecular weight is 363 g/mol. The minimum absolute atomic E-state index is 0.0744. The predicted molar refractivity (Wildman–Crippen MR) is 84.2 cm³/mol. The standard InChI is InChI=1S/C18H12F3NO4/c19-18(20,21)26-15-7-1-12(2-8-15)10-24-17(23)14-5-3-13(4-6-14)16-9-22-11-25-16/h1-9,11H,10H2. The van der Waals surface area contributed by atoms with E-state index in [1.54, 1.807) is 30.5 Å². The van der Waals surface area contributed by atoms with Gasteiger partial charge in [-0.15, -0.1) is 13.2 Å². The van der Waals surface area contributed by atoms with E-state index >= 15 is 0 Å². The number of carbonyl (C=O) groups excluding carboxylic acids is 1. The Bertz CT molecular complexity index is 857. The fourth-order valence-electron chi connectivity index (χ4n) is 2.15. The van der Waals surface area contributed by atoms with Crippen LogP contribution in [0.1, 0.15) is 15.9 Å². The van der Waals surface area contributed by atoms with Crippen LogP contribution in [0.3, 0.4) is 0 Å². The van der Waals surface area contributed by atoms with E-state index in [2.05, 4.69) is 9.72 Å². The van der Waals surface area contributed by atoms with Crippen LogP contribution in [0.25, 0.3) is 11.3 Å². The summed E-state index contributed by atoms with van der Waals surface area (Å²) in [5, 5.41) is 0. The Balaban J connectivity index is 1.57. The van der Waals surface area contributed by atoms with Gasteiger partial charge >= 0.3 is 12.3 Å². The van der Waals surface area contributed by atoms with Crippen LogP contribution in [-0.4, -0.2) is 17.3 Å². The maximum Gasteiger partial charge on any atom is 0.573 e. The molecule has 0 aliphatic heterocycles. The van der Waals surface area contributed by atoms with Crippen molar-refractivity contribution in [1.29, 1.82) is 0 Å². The highest BCUT2D eigenvalue weighted by Gasteiger charge is 2.30. The summed E-state index contributed by atoms with van der Waals surface area (Å²) in [5.74, 6) is -0.314. The number of alkyl halides is 3. The van der Waals surface area contributed by atoms with Gasteiger partial charge in [0.15, 0.2) is 12.2 Å². The van der Waals surface area contributed by atoms with Crippen LogP contribution in [0.4, 0.5) is 13.2 Å². The highest BCUT2D eigenvalue weighted by molar-refractivity contribution is 5.89. The lowest BCUT2D eigenvalue weighted by molar-refractivity contribution is -0.274. The summed E-state index contributed by atoms with van der Waals surface area (Å²) in [7, 11) is 0. The fraction of sp³-hybridized carbons (Fsp3) is 0.111. The molecule has 0 N–H and O–H groups in total. The second-order valence-corrected chi connectivity index (χ2v) is 5.21. The molecule has 0 aliphatic carbocycles. The number of carbonyl (C=O) groups is 1. The molecule has 0 spiro atoms. The third kappa shape index (κ3) is 4.62. The normalized spacial score (nSPS) is 11.2. The first-order valence-electron chi connectivity index (χ1n) is 7.41. The van der Waals surface area contributed by atoms with Crippen LogP contribution >= 0.6 is 0 Å². The first kappa shape index (κ1) is 17.5. The Morgan fingerprint density at radius 3 is 2.31 bits per heavy atom. The molecule has 0 unspecified atom stereocenters. The summed E-state index contributed by atoms with van der Waals surface area (Å²) in [6.45, 7) is -0.0744. The molecule has 134 valence electrons. The number of aromatic nitrogens is 1. The second-order valence-electron chi connectivity index (χ2n) is 5.21. The summed E-state index contributed by atoms with van der Waals surface area (Å²) in [4.78, 5) is 15.9. The molecule has 0 saturated carbocycles. The Hall–Kier alpha value is -3.29. The van der Waals surface area contributed by atoms with Gasteiger partial charge in [-0.1, -0.05) is 24.3 Å². The number of ether oxygens (including phenoxy) is 2.